The lowest BCUT2D eigenvalue weighted by atomic mass is 9.95. The maximum absolute atomic E-state index is 15.1. The molecule has 4 rings (SSSR count). The van der Waals surface area contributed by atoms with Crippen LogP contribution in [0.5, 0.6) is 0 Å². The number of rotatable bonds is 3. The molecule has 1 amide bonds. The van der Waals surface area contributed by atoms with Gasteiger partial charge in [-0.05, 0) is 67.9 Å². The number of amides is 1. The van der Waals surface area contributed by atoms with E-state index in [0.717, 1.165) is 15.9 Å². The van der Waals surface area contributed by atoms with E-state index in [-0.39, 0.29) is 33.5 Å². The minimum absolute atomic E-state index is 0.0142. The standard InChI is InChI=1S/C24H25BrClFN4O2S/c1-24(2,3)33-23(32)31-9-6-14(11-13(31)5-8-28)30-10-7-15-21(30)16-12-17(26)18(25)19(27)20(16)29-22(15)34-4/h7,10,12-14H,5-6,9,11H2,1-4H3/t13-,14+/m1/s1. The molecule has 10 heteroatoms. The number of nitrogens with zero attached hydrogens (tertiary/aromatic N) is 4. The van der Waals surface area contributed by atoms with Gasteiger partial charge in [-0.1, -0.05) is 11.6 Å². The molecule has 2 aromatic heterocycles. The van der Waals surface area contributed by atoms with E-state index in [1.165, 1.54) is 11.8 Å². The predicted molar refractivity (Wildman–Crippen MR) is 137 cm³/mol. The van der Waals surface area contributed by atoms with E-state index in [9.17, 15) is 10.1 Å². The summed E-state index contributed by atoms with van der Waals surface area (Å²) in [6.07, 6.45) is 4.97. The zero-order chi connectivity index (χ0) is 24.8. The number of thioether (sulfide) groups is 1. The van der Waals surface area contributed by atoms with Gasteiger partial charge in [-0.2, -0.15) is 5.26 Å². The van der Waals surface area contributed by atoms with Gasteiger partial charge in [0.15, 0.2) is 5.82 Å². The average Bonchev–Trinajstić information content (AvgIpc) is 3.22. The van der Waals surface area contributed by atoms with Crippen molar-refractivity contribution < 1.29 is 13.9 Å². The van der Waals surface area contributed by atoms with Crippen molar-refractivity contribution in [3.63, 3.8) is 0 Å². The fraction of sp³-hybridized carbons (Fsp3) is 0.458. The van der Waals surface area contributed by atoms with Gasteiger partial charge in [-0.25, -0.2) is 14.2 Å². The first-order chi connectivity index (χ1) is 16.1. The molecule has 0 spiro atoms. The fourth-order valence-electron chi connectivity index (χ4n) is 4.54. The van der Waals surface area contributed by atoms with Gasteiger partial charge in [0, 0.05) is 35.6 Å². The molecule has 3 aromatic rings. The summed E-state index contributed by atoms with van der Waals surface area (Å²) < 4.78 is 23.0. The molecule has 1 saturated heterocycles. The molecular formula is C24H25BrClFN4O2S. The Morgan fingerprint density at radius 2 is 2.18 bits per heavy atom. The Balaban J connectivity index is 1.79. The maximum Gasteiger partial charge on any atom is 0.410 e. The Morgan fingerprint density at radius 3 is 2.82 bits per heavy atom. The van der Waals surface area contributed by atoms with Crippen LogP contribution in [0.15, 0.2) is 27.8 Å². The summed E-state index contributed by atoms with van der Waals surface area (Å²) in [4.78, 5) is 19.0. The Kier molecular flexibility index (Phi) is 7.05. The first kappa shape index (κ1) is 25.1. The van der Waals surface area contributed by atoms with Crippen LogP contribution in [0.1, 0.15) is 46.1 Å². The number of benzene rings is 1. The van der Waals surface area contributed by atoms with Crippen LogP contribution < -0.4 is 0 Å². The molecule has 0 aliphatic carbocycles. The molecule has 1 aliphatic heterocycles. The van der Waals surface area contributed by atoms with Gasteiger partial charge in [0.05, 0.1) is 27.5 Å². The largest absolute Gasteiger partial charge is 0.444 e. The third-order valence-corrected chi connectivity index (χ3v) is 7.98. The molecule has 0 radical (unpaired) electrons. The molecule has 2 atom stereocenters. The van der Waals surface area contributed by atoms with Crippen LogP contribution in [0.3, 0.4) is 0 Å². The van der Waals surface area contributed by atoms with E-state index in [4.69, 9.17) is 16.3 Å². The number of aromatic nitrogens is 2. The van der Waals surface area contributed by atoms with E-state index in [0.29, 0.717) is 24.8 Å². The SMILES string of the molecule is CSc1nc2c(F)c(Br)c(Cl)cc2c2c1ccn2[C@H]1CCN(C(=O)OC(C)(C)C)[C@H](CC#N)C1. The summed E-state index contributed by atoms with van der Waals surface area (Å²) in [5, 5.41) is 12.0. The number of carbonyl (C=O) groups is 1. The molecule has 1 aliphatic rings. The highest BCUT2D eigenvalue weighted by Gasteiger charge is 2.35. The van der Waals surface area contributed by atoms with Crippen molar-refractivity contribution in [1.82, 2.24) is 14.5 Å². The lowest BCUT2D eigenvalue weighted by Gasteiger charge is -2.39. The van der Waals surface area contributed by atoms with Gasteiger partial charge in [-0.15, -0.1) is 11.8 Å². The van der Waals surface area contributed by atoms with E-state index in [1.54, 1.807) is 11.0 Å². The second kappa shape index (κ2) is 9.56. The summed E-state index contributed by atoms with van der Waals surface area (Å²) in [6.45, 7) is 5.95. The van der Waals surface area contributed by atoms with Crippen LogP contribution in [0.25, 0.3) is 21.8 Å². The Bertz CT molecular complexity index is 1320. The van der Waals surface area contributed by atoms with Crippen molar-refractivity contribution in [3.8, 4) is 6.07 Å². The van der Waals surface area contributed by atoms with Crippen molar-refractivity contribution in [3.05, 3.63) is 33.6 Å². The summed E-state index contributed by atoms with van der Waals surface area (Å²) >= 11 is 11.0. The summed E-state index contributed by atoms with van der Waals surface area (Å²) in [7, 11) is 0. The van der Waals surface area contributed by atoms with Gasteiger partial charge >= 0.3 is 6.09 Å². The number of hydrogen-bond acceptors (Lipinski definition) is 5. The zero-order valence-electron chi connectivity index (χ0n) is 19.4. The van der Waals surface area contributed by atoms with E-state index >= 15 is 4.39 Å². The van der Waals surface area contributed by atoms with Crippen LogP contribution in [0, 0.1) is 17.1 Å². The first-order valence-corrected chi connectivity index (χ1v) is 13.3. The van der Waals surface area contributed by atoms with Crippen LogP contribution in [0.2, 0.25) is 5.02 Å². The number of ether oxygens (including phenoxy) is 1. The smallest absolute Gasteiger partial charge is 0.410 e. The highest BCUT2D eigenvalue weighted by atomic mass is 79.9. The number of pyridine rings is 1. The Hall–Kier alpha value is -2.02. The summed E-state index contributed by atoms with van der Waals surface area (Å²) in [6, 6.07) is 5.67. The molecular weight excluding hydrogens is 543 g/mol. The van der Waals surface area contributed by atoms with Gasteiger partial charge in [0.1, 0.15) is 16.1 Å². The van der Waals surface area contributed by atoms with Gasteiger partial charge in [0.2, 0.25) is 0 Å². The maximum atomic E-state index is 15.1. The van der Waals surface area contributed by atoms with Gasteiger partial charge in [0.25, 0.3) is 0 Å². The van der Waals surface area contributed by atoms with Crippen molar-refractivity contribution in [1.29, 1.82) is 5.26 Å². The fourth-order valence-corrected chi connectivity index (χ4v) is 5.60. The first-order valence-electron chi connectivity index (χ1n) is 10.9. The number of hydrogen-bond donors (Lipinski definition) is 0. The predicted octanol–water partition coefficient (Wildman–Crippen LogP) is 7.32. The molecule has 0 N–H and O–H groups in total. The van der Waals surface area contributed by atoms with Crippen LogP contribution >= 0.6 is 39.3 Å². The minimum Gasteiger partial charge on any atom is -0.444 e. The number of nitriles is 1. The quantitative estimate of drug-likeness (QED) is 0.245. The number of fused-ring (bicyclic) bond motifs is 3. The Morgan fingerprint density at radius 1 is 1.44 bits per heavy atom. The molecule has 0 unspecified atom stereocenters. The molecule has 180 valence electrons. The summed E-state index contributed by atoms with van der Waals surface area (Å²) in [5.41, 5.74) is 0.501. The molecule has 1 fully saturated rings. The molecule has 6 nitrogen and oxygen atoms in total. The van der Waals surface area contributed by atoms with Crippen LogP contribution in [0.4, 0.5) is 9.18 Å². The third kappa shape index (κ3) is 4.60. The molecule has 34 heavy (non-hydrogen) atoms. The van der Waals surface area contributed by atoms with E-state index < -0.39 is 17.5 Å². The normalized spacial score (nSPS) is 18.9. The molecule has 0 saturated carbocycles. The second-order valence-electron chi connectivity index (χ2n) is 9.36. The van der Waals surface area contributed by atoms with Gasteiger partial charge in [-0.3, -0.25) is 0 Å². The number of carbonyl (C=O) groups excluding carboxylic acids is 1. The van der Waals surface area contributed by atoms with Crippen LogP contribution in [-0.2, 0) is 4.74 Å². The van der Waals surface area contributed by atoms with E-state index in [1.807, 2.05) is 39.3 Å². The van der Waals surface area contributed by atoms with Crippen molar-refractivity contribution >= 4 is 67.2 Å². The highest BCUT2D eigenvalue weighted by molar-refractivity contribution is 9.10. The highest BCUT2D eigenvalue weighted by Crippen LogP contribution is 2.41. The lowest BCUT2D eigenvalue weighted by Crippen LogP contribution is -2.48. The number of piperidine rings is 1. The molecule has 1 aromatic carbocycles. The van der Waals surface area contributed by atoms with Crippen molar-refractivity contribution in [2.75, 3.05) is 12.8 Å². The monoisotopic (exact) mass is 566 g/mol. The molecule has 3 heterocycles. The van der Waals surface area contributed by atoms with Crippen molar-refractivity contribution in [2.24, 2.45) is 0 Å². The third-order valence-electron chi connectivity index (χ3n) is 5.98. The topological polar surface area (TPSA) is 71.2 Å². The lowest BCUT2D eigenvalue weighted by molar-refractivity contribution is 0.00620. The number of likely N-dealkylation sites (tertiary alicyclic amines) is 1. The summed E-state index contributed by atoms with van der Waals surface area (Å²) in [5.74, 6) is -0.491. The van der Waals surface area contributed by atoms with E-state index in [2.05, 4.69) is 31.6 Å². The number of halogens is 3. The minimum atomic E-state index is -0.612. The van der Waals surface area contributed by atoms with Crippen LogP contribution in [-0.4, -0.2) is 45.0 Å². The average molecular weight is 568 g/mol. The molecule has 0 bridgehead atoms. The Labute approximate surface area is 215 Å². The van der Waals surface area contributed by atoms with Crippen molar-refractivity contribution in [2.45, 2.75) is 62.7 Å². The second-order valence-corrected chi connectivity index (χ2v) is 11.4. The zero-order valence-corrected chi connectivity index (χ0v) is 22.5. The van der Waals surface area contributed by atoms with Gasteiger partial charge < -0.3 is 14.2 Å².